The lowest BCUT2D eigenvalue weighted by Gasteiger charge is -2.33. The highest BCUT2D eigenvalue weighted by molar-refractivity contribution is 6.18. The summed E-state index contributed by atoms with van der Waals surface area (Å²) in [7, 11) is 2.03. The lowest BCUT2D eigenvalue weighted by Crippen LogP contribution is -2.29. The third kappa shape index (κ3) is 6.10. The number of aromatic nitrogens is 3. The summed E-state index contributed by atoms with van der Waals surface area (Å²) in [5.41, 5.74) is 7.05. The number of unbranched alkanes of at least 4 members (excludes halogenated alkanes) is 2. The standard InChI is InChI=1S/C38H41F2N3O2/c1-5-6-7-16-34(25-11-8-12-25)45-17-10-15-31-35(23(2)18-33-37(31)42-24(3)43(33)4)30-14-9-13-29-32(22-41-36(29)30)38(44)26-19-27(39)21-28(40)20-26/h9-10,13-15,18-22,25,34,41H,5-8,11-12,16-17H2,1-4H3/b15-10+. The first-order chi connectivity index (χ1) is 21.8. The molecule has 1 aliphatic rings. The van der Waals surface area contributed by atoms with E-state index in [9.17, 15) is 13.6 Å². The van der Waals surface area contributed by atoms with Crippen molar-refractivity contribution in [3.05, 3.63) is 94.5 Å². The Labute approximate surface area is 263 Å². The molecule has 7 heteroatoms. The molecule has 1 aliphatic carbocycles. The van der Waals surface area contributed by atoms with E-state index in [1.165, 1.54) is 38.5 Å². The zero-order valence-corrected chi connectivity index (χ0v) is 26.6. The molecule has 5 aromatic rings. The molecule has 5 nitrogen and oxygen atoms in total. The van der Waals surface area contributed by atoms with E-state index >= 15 is 0 Å². The highest BCUT2D eigenvalue weighted by Crippen LogP contribution is 2.39. The Balaban J connectivity index is 1.39. The molecule has 1 saturated carbocycles. The highest BCUT2D eigenvalue weighted by Gasteiger charge is 2.27. The predicted molar refractivity (Wildman–Crippen MR) is 178 cm³/mol. The van der Waals surface area contributed by atoms with Crippen molar-refractivity contribution in [3.63, 3.8) is 0 Å². The monoisotopic (exact) mass is 609 g/mol. The van der Waals surface area contributed by atoms with Crippen molar-refractivity contribution in [2.45, 2.75) is 71.8 Å². The number of carbonyl (C=O) groups is 1. The zero-order valence-electron chi connectivity index (χ0n) is 26.6. The molecule has 0 spiro atoms. The second-order valence-electron chi connectivity index (χ2n) is 12.4. The minimum atomic E-state index is -0.783. The Kier molecular flexibility index (Phi) is 8.99. The van der Waals surface area contributed by atoms with Crippen LogP contribution in [0.4, 0.5) is 8.78 Å². The fourth-order valence-corrected chi connectivity index (χ4v) is 6.72. The van der Waals surface area contributed by atoms with Crippen LogP contribution in [0.5, 0.6) is 0 Å². The maximum absolute atomic E-state index is 14.0. The lowest BCUT2D eigenvalue weighted by atomic mass is 9.79. The number of H-pyrrole nitrogens is 1. The number of nitrogens with zero attached hydrogens (tertiary/aromatic N) is 2. The van der Waals surface area contributed by atoms with Gasteiger partial charge in [-0.15, -0.1) is 0 Å². The number of para-hydroxylation sites is 1. The summed E-state index contributed by atoms with van der Waals surface area (Å²) < 4.78 is 36.5. The van der Waals surface area contributed by atoms with Gasteiger partial charge in [-0.3, -0.25) is 4.79 Å². The summed E-state index contributed by atoms with van der Waals surface area (Å²) in [6.07, 6.45) is 14.8. The topological polar surface area (TPSA) is 59.9 Å². The van der Waals surface area contributed by atoms with E-state index in [-0.39, 0.29) is 5.56 Å². The van der Waals surface area contributed by atoms with Crippen LogP contribution in [0, 0.1) is 31.4 Å². The Morgan fingerprint density at radius 3 is 2.62 bits per heavy atom. The smallest absolute Gasteiger partial charge is 0.195 e. The first-order valence-electron chi connectivity index (χ1n) is 16.1. The second kappa shape index (κ2) is 13.1. The van der Waals surface area contributed by atoms with E-state index in [0.29, 0.717) is 29.6 Å². The van der Waals surface area contributed by atoms with Crippen LogP contribution < -0.4 is 0 Å². The number of rotatable bonds is 12. The molecule has 0 saturated heterocycles. The molecule has 1 fully saturated rings. The average Bonchev–Trinajstić information content (AvgIpc) is 3.54. The number of carbonyl (C=O) groups excluding carboxylic acids is 1. The second-order valence-corrected chi connectivity index (χ2v) is 12.4. The number of benzene rings is 3. The van der Waals surface area contributed by atoms with Gasteiger partial charge in [0.15, 0.2) is 5.78 Å². The Hall–Kier alpha value is -4.10. The summed E-state index contributed by atoms with van der Waals surface area (Å²) >= 11 is 0. The van der Waals surface area contributed by atoms with Gasteiger partial charge in [-0.05, 0) is 68.4 Å². The van der Waals surface area contributed by atoms with Gasteiger partial charge in [0, 0.05) is 47.0 Å². The van der Waals surface area contributed by atoms with Gasteiger partial charge in [-0.25, -0.2) is 13.8 Å². The summed E-state index contributed by atoms with van der Waals surface area (Å²) in [6, 6.07) is 10.9. The van der Waals surface area contributed by atoms with Crippen molar-refractivity contribution in [2.75, 3.05) is 6.61 Å². The van der Waals surface area contributed by atoms with Crippen LogP contribution >= 0.6 is 0 Å². The molecular formula is C38H41F2N3O2. The molecule has 45 heavy (non-hydrogen) atoms. The number of hydrogen-bond donors (Lipinski definition) is 1. The van der Waals surface area contributed by atoms with Crippen LogP contribution in [0.2, 0.25) is 0 Å². The quantitative estimate of drug-likeness (QED) is 0.113. The lowest BCUT2D eigenvalue weighted by molar-refractivity contribution is -0.00617. The largest absolute Gasteiger partial charge is 0.374 e. The molecule has 1 N–H and O–H groups in total. The predicted octanol–water partition coefficient (Wildman–Crippen LogP) is 9.63. The molecule has 0 bridgehead atoms. The summed E-state index contributed by atoms with van der Waals surface area (Å²) in [5, 5.41) is 0.688. The fraction of sp³-hybridized carbons (Fsp3) is 0.368. The van der Waals surface area contributed by atoms with Gasteiger partial charge in [0.2, 0.25) is 0 Å². The van der Waals surface area contributed by atoms with Crippen LogP contribution in [-0.2, 0) is 11.8 Å². The van der Waals surface area contributed by atoms with E-state index in [0.717, 1.165) is 69.2 Å². The fourth-order valence-electron chi connectivity index (χ4n) is 6.72. The Morgan fingerprint density at radius 2 is 1.91 bits per heavy atom. The Morgan fingerprint density at radius 1 is 1.13 bits per heavy atom. The molecule has 2 aromatic heterocycles. The van der Waals surface area contributed by atoms with Gasteiger partial charge in [0.05, 0.1) is 29.3 Å². The molecule has 0 amide bonds. The van der Waals surface area contributed by atoms with E-state index in [4.69, 9.17) is 9.72 Å². The summed E-state index contributed by atoms with van der Waals surface area (Å²) in [6.45, 7) is 6.86. The summed E-state index contributed by atoms with van der Waals surface area (Å²) in [4.78, 5) is 21.7. The first kappa shape index (κ1) is 30.9. The number of halogens is 2. The van der Waals surface area contributed by atoms with E-state index < -0.39 is 17.4 Å². The van der Waals surface area contributed by atoms with Gasteiger partial charge in [-0.1, -0.05) is 63.0 Å². The number of ether oxygens (including phenoxy) is 1. The van der Waals surface area contributed by atoms with Gasteiger partial charge in [0.25, 0.3) is 0 Å². The number of hydrogen-bond acceptors (Lipinski definition) is 3. The molecule has 1 atom stereocenters. The van der Waals surface area contributed by atoms with Gasteiger partial charge >= 0.3 is 0 Å². The van der Waals surface area contributed by atoms with Crippen molar-refractivity contribution < 1.29 is 18.3 Å². The van der Waals surface area contributed by atoms with Crippen LogP contribution in [0.15, 0.2) is 54.7 Å². The van der Waals surface area contributed by atoms with Crippen LogP contribution in [0.25, 0.3) is 39.1 Å². The first-order valence-corrected chi connectivity index (χ1v) is 16.1. The van der Waals surface area contributed by atoms with E-state index in [1.807, 2.05) is 32.2 Å². The van der Waals surface area contributed by atoms with Crippen molar-refractivity contribution >= 4 is 33.8 Å². The van der Waals surface area contributed by atoms with Crippen molar-refractivity contribution in [3.8, 4) is 11.1 Å². The number of aromatic amines is 1. The number of aryl methyl sites for hydroxylation is 3. The van der Waals surface area contributed by atoms with Crippen molar-refractivity contribution in [1.29, 1.82) is 0 Å². The number of fused-ring (bicyclic) bond motifs is 2. The molecule has 3 aromatic carbocycles. The van der Waals surface area contributed by atoms with E-state index in [2.05, 4.69) is 41.6 Å². The van der Waals surface area contributed by atoms with Gasteiger partial charge in [0.1, 0.15) is 17.5 Å². The SMILES string of the molecule is CCCCCC(OC/C=C/c1c(-c2cccc3c(C(=O)c4cc(F)cc(F)c4)c[nH]c23)c(C)cc2c1nc(C)n2C)C1CCC1. The van der Waals surface area contributed by atoms with Crippen molar-refractivity contribution in [2.24, 2.45) is 13.0 Å². The normalized spacial score (nSPS) is 14.5. The zero-order chi connectivity index (χ0) is 31.7. The van der Waals surface area contributed by atoms with Gasteiger partial charge < -0.3 is 14.3 Å². The molecule has 0 aliphatic heterocycles. The molecule has 2 heterocycles. The molecule has 0 radical (unpaired) electrons. The Bertz CT molecular complexity index is 1880. The molecule has 1 unspecified atom stereocenters. The molecule has 234 valence electrons. The highest BCUT2D eigenvalue weighted by atomic mass is 19.1. The average molecular weight is 610 g/mol. The van der Waals surface area contributed by atoms with Crippen LogP contribution in [0.1, 0.15) is 84.7 Å². The van der Waals surface area contributed by atoms with Crippen LogP contribution in [0.3, 0.4) is 0 Å². The van der Waals surface area contributed by atoms with Crippen molar-refractivity contribution in [1.82, 2.24) is 14.5 Å². The minimum Gasteiger partial charge on any atom is -0.374 e. The number of imidazole rings is 1. The minimum absolute atomic E-state index is 0.0288. The summed E-state index contributed by atoms with van der Waals surface area (Å²) in [5.74, 6) is -0.424. The number of nitrogens with one attached hydrogen (secondary N) is 1. The molecular weight excluding hydrogens is 568 g/mol. The maximum atomic E-state index is 14.0. The van der Waals surface area contributed by atoms with Crippen LogP contribution in [-0.4, -0.2) is 33.0 Å². The maximum Gasteiger partial charge on any atom is 0.195 e. The van der Waals surface area contributed by atoms with Gasteiger partial charge in [-0.2, -0.15) is 0 Å². The molecule has 6 rings (SSSR count). The number of ketones is 1. The third-order valence-corrected chi connectivity index (χ3v) is 9.45. The third-order valence-electron chi connectivity index (χ3n) is 9.45. The van der Waals surface area contributed by atoms with E-state index in [1.54, 1.807) is 6.20 Å².